The number of nitrogens with one attached hydrogen (secondary N) is 3. The lowest BCUT2D eigenvalue weighted by molar-refractivity contribution is -0.140. The van der Waals surface area contributed by atoms with Crippen LogP contribution in [0.4, 0.5) is 0 Å². The third-order valence-electron chi connectivity index (χ3n) is 9.80. The highest BCUT2D eigenvalue weighted by Gasteiger charge is 2.33. The quantitative estimate of drug-likeness (QED) is 0.153. The number of morpholine rings is 2. The van der Waals surface area contributed by atoms with E-state index in [1.54, 1.807) is 10.4 Å². The van der Waals surface area contributed by atoms with E-state index >= 15 is 0 Å². The van der Waals surface area contributed by atoms with Crippen molar-refractivity contribution in [2.45, 2.75) is 64.1 Å². The van der Waals surface area contributed by atoms with Crippen LogP contribution in [0.3, 0.4) is 0 Å². The molecule has 4 N–H and O–H groups in total. The number of hydrogen-bond donors (Lipinski definition) is 4. The van der Waals surface area contributed by atoms with Crippen molar-refractivity contribution in [1.82, 2.24) is 30.7 Å². The van der Waals surface area contributed by atoms with Gasteiger partial charge in [-0.3, -0.25) is 24.1 Å². The second-order valence-corrected chi connectivity index (χ2v) is 15.0. The summed E-state index contributed by atoms with van der Waals surface area (Å²) in [7, 11) is 0. The second-order valence-electron chi connectivity index (χ2n) is 14.3. The van der Waals surface area contributed by atoms with Gasteiger partial charge in [0.05, 0.1) is 62.1 Å². The first-order valence-electron chi connectivity index (χ1n) is 18.7. The molecule has 1 aromatic heterocycles. The molecule has 3 aromatic rings. The monoisotopic (exact) mass is 750 g/mol. The van der Waals surface area contributed by atoms with E-state index in [1.165, 1.54) is 11.3 Å². The van der Waals surface area contributed by atoms with Crippen LogP contribution >= 0.6 is 11.3 Å². The fraction of sp³-hybridized carbons (Fsp3) is 0.564. The summed E-state index contributed by atoms with van der Waals surface area (Å²) in [5.41, 5.74) is 3.23. The van der Waals surface area contributed by atoms with Gasteiger partial charge in [0.15, 0.2) is 0 Å². The molecular formula is C39H54N6O7S. The predicted octanol–water partition coefficient (Wildman–Crippen LogP) is 2.16. The van der Waals surface area contributed by atoms with Crippen LogP contribution < -0.4 is 16.0 Å². The molecule has 53 heavy (non-hydrogen) atoms. The second kappa shape index (κ2) is 20.5. The van der Waals surface area contributed by atoms with Crippen LogP contribution in [-0.4, -0.2) is 127 Å². The van der Waals surface area contributed by atoms with Gasteiger partial charge in [0, 0.05) is 57.5 Å². The van der Waals surface area contributed by atoms with Crippen molar-refractivity contribution >= 4 is 45.7 Å². The molecule has 288 valence electrons. The van der Waals surface area contributed by atoms with Crippen LogP contribution in [0, 0.1) is 11.8 Å². The van der Waals surface area contributed by atoms with Crippen LogP contribution in [0.5, 0.6) is 0 Å². The third-order valence-corrected chi connectivity index (χ3v) is 10.4. The van der Waals surface area contributed by atoms with Gasteiger partial charge in [-0.1, -0.05) is 56.3 Å². The van der Waals surface area contributed by atoms with Gasteiger partial charge in [0.1, 0.15) is 6.04 Å². The Kier molecular flexibility index (Phi) is 15.6. The standard InChI is InChI=1S/C39H54N6O7S/c1-27(2)20-33(35(46)24-36(47)40-10-11-44-12-16-51-17-13-44)42-39(50)34(23-31-25-53-26-41-31)43-38(49)30(22-37(48)45-14-18-52-19-15-45)21-29-8-5-7-28-6-3-4-9-32(28)29/h3-9,25-27,30,33-35,46H,10-24H2,1-2H3,(H,40,47)(H,42,50)(H,43,49)/t30-,33+,34+,35+/m1/s1. The van der Waals surface area contributed by atoms with Crippen LogP contribution in [0.15, 0.2) is 53.4 Å². The zero-order chi connectivity index (χ0) is 37.6. The van der Waals surface area contributed by atoms with Gasteiger partial charge in [-0.25, -0.2) is 4.98 Å². The Morgan fingerprint density at radius 3 is 2.32 bits per heavy atom. The number of rotatable bonds is 18. The van der Waals surface area contributed by atoms with Gasteiger partial charge in [0.2, 0.25) is 23.6 Å². The molecule has 5 rings (SSSR count). The van der Waals surface area contributed by atoms with Gasteiger partial charge in [-0.05, 0) is 35.1 Å². The van der Waals surface area contributed by atoms with E-state index < -0.39 is 35.9 Å². The molecule has 4 amide bonds. The van der Waals surface area contributed by atoms with Gasteiger partial charge in [-0.2, -0.15) is 0 Å². The Morgan fingerprint density at radius 1 is 0.887 bits per heavy atom. The molecule has 0 bridgehead atoms. The van der Waals surface area contributed by atoms with Crippen LogP contribution in [0.1, 0.15) is 44.4 Å². The van der Waals surface area contributed by atoms with E-state index in [0.717, 1.165) is 29.4 Å². The Bertz CT molecular complexity index is 1620. The van der Waals surface area contributed by atoms with E-state index in [0.29, 0.717) is 71.1 Å². The SMILES string of the molecule is CC(C)C[C@H](NC(=O)[C@H](Cc1cscn1)NC(=O)[C@@H](CC(=O)N1CCOCC1)Cc1cccc2ccccc12)[C@@H](O)CC(=O)NCCN1CCOCC1. The number of amides is 4. The Labute approximate surface area is 315 Å². The highest BCUT2D eigenvalue weighted by Crippen LogP contribution is 2.24. The number of aliphatic hydroxyl groups excluding tert-OH is 1. The van der Waals surface area contributed by atoms with Crippen LogP contribution in [0.25, 0.3) is 10.8 Å². The molecule has 0 unspecified atom stereocenters. The summed E-state index contributed by atoms with van der Waals surface area (Å²) in [5, 5.41) is 23.9. The van der Waals surface area contributed by atoms with Crippen molar-refractivity contribution in [1.29, 1.82) is 0 Å². The zero-order valence-corrected chi connectivity index (χ0v) is 31.7. The molecule has 2 aliphatic rings. The normalized spacial score (nSPS) is 17.5. The highest BCUT2D eigenvalue weighted by molar-refractivity contribution is 7.07. The van der Waals surface area contributed by atoms with E-state index in [9.17, 15) is 24.3 Å². The molecule has 13 nitrogen and oxygen atoms in total. The summed E-state index contributed by atoms with van der Waals surface area (Å²) in [4.78, 5) is 63.1. The van der Waals surface area contributed by atoms with Crippen LogP contribution in [0.2, 0.25) is 0 Å². The first-order chi connectivity index (χ1) is 25.7. The topological polar surface area (TPSA) is 162 Å². The minimum atomic E-state index is -1.15. The number of fused-ring (bicyclic) bond motifs is 1. The maximum absolute atomic E-state index is 14.3. The van der Waals surface area contributed by atoms with E-state index in [4.69, 9.17) is 9.47 Å². The summed E-state index contributed by atoms with van der Waals surface area (Å²) >= 11 is 1.39. The molecule has 2 saturated heterocycles. The molecule has 4 atom stereocenters. The molecule has 0 radical (unpaired) electrons. The lowest BCUT2D eigenvalue weighted by Gasteiger charge is -2.30. The molecule has 2 aromatic carbocycles. The zero-order valence-electron chi connectivity index (χ0n) is 30.8. The molecule has 0 aliphatic carbocycles. The van der Waals surface area contributed by atoms with Crippen molar-refractivity contribution in [2.75, 3.05) is 65.7 Å². The summed E-state index contributed by atoms with van der Waals surface area (Å²) in [5.74, 6) is -2.02. The maximum atomic E-state index is 14.3. The van der Waals surface area contributed by atoms with Crippen molar-refractivity contribution in [3.05, 3.63) is 64.6 Å². The lowest BCUT2D eigenvalue weighted by Crippen LogP contribution is -2.55. The Hall–Kier alpha value is -3.95. The number of aliphatic hydroxyl groups is 1. The van der Waals surface area contributed by atoms with Gasteiger partial charge < -0.3 is 35.4 Å². The fourth-order valence-electron chi connectivity index (χ4n) is 6.88. The molecule has 0 saturated carbocycles. The number of nitrogens with zero attached hydrogens (tertiary/aromatic N) is 3. The molecule has 3 heterocycles. The number of carbonyl (C=O) groups is 4. The Balaban J connectivity index is 1.30. The van der Waals surface area contributed by atoms with E-state index in [1.807, 2.05) is 61.7 Å². The van der Waals surface area contributed by atoms with Crippen molar-refractivity contribution in [3.8, 4) is 0 Å². The van der Waals surface area contributed by atoms with Gasteiger partial charge in [-0.15, -0.1) is 11.3 Å². The maximum Gasteiger partial charge on any atom is 0.243 e. The van der Waals surface area contributed by atoms with Gasteiger partial charge in [0.25, 0.3) is 0 Å². The first-order valence-corrected chi connectivity index (χ1v) is 19.7. The average Bonchev–Trinajstić information content (AvgIpc) is 3.68. The molecule has 0 spiro atoms. The number of ether oxygens (including phenoxy) is 2. The number of benzene rings is 2. The summed E-state index contributed by atoms with van der Waals surface area (Å²) in [6, 6.07) is 12.1. The number of aromatic nitrogens is 1. The minimum absolute atomic E-state index is 0.0323. The molecular weight excluding hydrogens is 697 g/mol. The van der Waals surface area contributed by atoms with E-state index in [2.05, 4.69) is 25.8 Å². The van der Waals surface area contributed by atoms with Crippen molar-refractivity contribution in [3.63, 3.8) is 0 Å². The minimum Gasteiger partial charge on any atom is -0.390 e. The summed E-state index contributed by atoms with van der Waals surface area (Å²) < 4.78 is 10.8. The largest absolute Gasteiger partial charge is 0.390 e. The molecule has 2 aliphatic heterocycles. The van der Waals surface area contributed by atoms with Crippen LogP contribution in [-0.2, 0) is 41.5 Å². The molecule has 14 heteroatoms. The van der Waals surface area contributed by atoms with Crippen molar-refractivity contribution in [2.24, 2.45) is 11.8 Å². The number of carbonyl (C=O) groups excluding carboxylic acids is 4. The van der Waals surface area contributed by atoms with Crippen molar-refractivity contribution < 1.29 is 33.8 Å². The van der Waals surface area contributed by atoms with E-state index in [-0.39, 0.29) is 37.0 Å². The number of thiazole rings is 1. The average molecular weight is 751 g/mol. The summed E-state index contributed by atoms with van der Waals surface area (Å²) in [6.45, 7) is 9.87. The fourth-order valence-corrected chi connectivity index (χ4v) is 7.45. The lowest BCUT2D eigenvalue weighted by atomic mass is 9.91. The number of hydrogen-bond acceptors (Lipinski definition) is 10. The third kappa shape index (κ3) is 12.6. The molecule has 2 fully saturated rings. The smallest absolute Gasteiger partial charge is 0.243 e. The summed E-state index contributed by atoms with van der Waals surface area (Å²) in [6.07, 6.45) is -0.528. The Morgan fingerprint density at radius 2 is 1.60 bits per heavy atom. The predicted molar refractivity (Wildman–Crippen MR) is 203 cm³/mol. The first kappa shape index (κ1) is 40.2. The van der Waals surface area contributed by atoms with Gasteiger partial charge >= 0.3 is 0 Å². The highest BCUT2D eigenvalue weighted by atomic mass is 32.1.